The van der Waals surface area contributed by atoms with Crippen LogP contribution in [0.3, 0.4) is 0 Å². The van der Waals surface area contributed by atoms with Gasteiger partial charge in [-0.1, -0.05) is 23.2 Å². The monoisotopic (exact) mass is 325 g/mol. The molecule has 0 saturated heterocycles. The molecule has 4 nitrogen and oxygen atoms in total. The molecule has 1 aromatic carbocycles. The van der Waals surface area contributed by atoms with Crippen molar-refractivity contribution in [3.63, 3.8) is 0 Å². The van der Waals surface area contributed by atoms with Crippen molar-refractivity contribution >= 4 is 40.7 Å². The highest BCUT2D eigenvalue weighted by molar-refractivity contribution is 6.52. The van der Waals surface area contributed by atoms with E-state index in [1.165, 1.54) is 14.0 Å². The second-order valence-electron chi connectivity index (χ2n) is 3.90. The van der Waals surface area contributed by atoms with E-state index < -0.39 is 21.8 Å². The summed E-state index contributed by atoms with van der Waals surface area (Å²) in [5.74, 6) is 0.105. The van der Waals surface area contributed by atoms with Crippen LogP contribution in [0, 0.1) is 0 Å². The summed E-state index contributed by atoms with van der Waals surface area (Å²) in [6.07, 6.45) is -1.49. The first-order valence-corrected chi connectivity index (χ1v) is 6.63. The first-order valence-electron chi connectivity index (χ1n) is 5.44. The number of alkyl halides is 3. The molecule has 0 heterocycles. The third-order valence-electron chi connectivity index (χ3n) is 2.51. The molecule has 0 aliphatic carbocycles. The van der Waals surface area contributed by atoms with Gasteiger partial charge in [0.25, 0.3) is 5.91 Å². The molecule has 1 aromatic rings. The van der Waals surface area contributed by atoms with Gasteiger partial charge in [0.1, 0.15) is 5.75 Å². The summed E-state index contributed by atoms with van der Waals surface area (Å²) in [6.45, 7) is 1.52. The van der Waals surface area contributed by atoms with Crippen molar-refractivity contribution in [1.29, 1.82) is 0 Å². The van der Waals surface area contributed by atoms with Crippen molar-refractivity contribution in [2.24, 2.45) is 0 Å². The van der Waals surface area contributed by atoms with Crippen LogP contribution < -0.4 is 10.1 Å². The number of aliphatic hydroxyl groups excluding tert-OH is 1. The second-order valence-corrected chi connectivity index (χ2v) is 5.99. The molecule has 0 unspecified atom stereocenters. The van der Waals surface area contributed by atoms with Crippen molar-refractivity contribution < 1.29 is 14.6 Å². The summed E-state index contributed by atoms with van der Waals surface area (Å²) in [7, 11) is 1.52. The summed E-state index contributed by atoms with van der Waals surface area (Å²) >= 11 is 17.4. The summed E-state index contributed by atoms with van der Waals surface area (Å²) in [4.78, 5) is 11.9. The number of carbonyl (C=O) groups is 1. The maximum absolute atomic E-state index is 11.9. The molecule has 0 aliphatic rings. The lowest BCUT2D eigenvalue weighted by molar-refractivity contribution is 0.0742. The Hall–Kier alpha value is -0.680. The molecule has 2 atom stereocenters. The highest BCUT2D eigenvalue weighted by Crippen LogP contribution is 2.32. The van der Waals surface area contributed by atoms with E-state index in [9.17, 15) is 9.90 Å². The van der Waals surface area contributed by atoms with Crippen LogP contribution in [0.25, 0.3) is 0 Å². The highest BCUT2D eigenvalue weighted by atomic mass is 35.5. The number of hydrogen-bond donors (Lipinski definition) is 2. The predicted octanol–water partition coefficient (Wildman–Crippen LogP) is 2.54. The number of methoxy groups -OCH3 is 1. The van der Waals surface area contributed by atoms with Crippen molar-refractivity contribution in [2.75, 3.05) is 7.11 Å². The third kappa shape index (κ3) is 4.14. The van der Waals surface area contributed by atoms with E-state index in [1.54, 1.807) is 24.3 Å². The summed E-state index contributed by atoms with van der Waals surface area (Å²) in [5.41, 5.74) is 0.339. The van der Waals surface area contributed by atoms with Crippen LogP contribution in [-0.2, 0) is 0 Å². The number of ether oxygens (including phenoxy) is 1. The largest absolute Gasteiger partial charge is 0.497 e. The molecule has 0 bridgehead atoms. The zero-order valence-corrected chi connectivity index (χ0v) is 12.6. The fraction of sp³-hybridized carbons (Fsp3) is 0.417. The normalized spacial score (nSPS) is 14.6. The first kappa shape index (κ1) is 16.4. The third-order valence-corrected chi connectivity index (χ3v) is 4.15. The van der Waals surface area contributed by atoms with E-state index in [0.29, 0.717) is 11.3 Å². The van der Waals surface area contributed by atoms with Crippen LogP contribution in [0.1, 0.15) is 17.3 Å². The Kier molecular flexibility index (Phi) is 5.74. The lowest BCUT2D eigenvalue weighted by Gasteiger charge is -2.28. The maximum atomic E-state index is 11.9. The van der Waals surface area contributed by atoms with Crippen molar-refractivity contribution in [2.45, 2.75) is 22.9 Å². The van der Waals surface area contributed by atoms with Gasteiger partial charge >= 0.3 is 0 Å². The number of nitrogens with one attached hydrogen (secondary N) is 1. The number of carbonyl (C=O) groups excluding carboxylic acids is 1. The molecule has 2 N–H and O–H groups in total. The molecule has 19 heavy (non-hydrogen) atoms. The molecule has 106 valence electrons. The van der Waals surface area contributed by atoms with Crippen LogP contribution in [0.4, 0.5) is 0 Å². The molecular weight excluding hydrogens is 312 g/mol. The van der Waals surface area contributed by atoms with Crippen LogP contribution in [0.15, 0.2) is 24.3 Å². The lowest BCUT2D eigenvalue weighted by Crippen LogP contribution is -2.50. The summed E-state index contributed by atoms with van der Waals surface area (Å²) in [6, 6.07) is 6.35. The van der Waals surface area contributed by atoms with Gasteiger partial charge in [0.05, 0.1) is 12.5 Å². The van der Waals surface area contributed by atoms with Crippen molar-refractivity contribution in [3.8, 4) is 5.75 Å². The minimum atomic E-state index is -1.68. The van der Waals surface area contributed by atoms with Crippen LogP contribution >= 0.6 is 34.8 Å². The summed E-state index contributed by atoms with van der Waals surface area (Å²) < 4.78 is 3.30. The predicted molar refractivity (Wildman–Crippen MR) is 76.2 cm³/mol. The van der Waals surface area contributed by atoms with E-state index in [1.807, 2.05) is 0 Å². The Morgan fingerprint density at radius 3 is 2.32 bits per heavy atom. The van der Waals surface area contributed by atoms with Gasteiger partial charge in [-0.2, -0.15) is 0 Å². The van der Waals surface area contributed by atoms with Gasteiger partial charge in [-0.25, -0.2) is 0 Å². The number of hydrogen-bond acceptors (Lipinski definition) is 3. The van der Waals surface area contributed by atoms with Gasteiger partial charge in [0.2, 0.25) is 0 Å². The molecular formula is C12H14Cl3NO3. The van der Waals surface area contributed by atoms with Crippen molar-refractivity contribution in [3.05, 3.63) is 29.8 Å². The lowest BCUT2D eigenvalue weighted by atomic mass is 10.2. The first-order chi connectivity index (χ1) is 8.78. The number of benzene rings is 1. The standard InChI is InChI=1S/C12H14Cl3NO3/c1-7(13)12(14,15)11(18)16-10(17)8-3-5-9(19-2)6-4-8/h3-7,11,18H,1-2H3,(H,16,17)/t7-,11+/m1/s1. The topological polar surface area (TPSA) is 58.6 Å². The van der Waals surface area contributed by atoms with Gasteiger partial charge in [0.15, 0.2) is 10.6 Å². The number of rotatable bonds is 5. The molecule has 0 spiro atoms. The van der Waals surface area contributed by atoms with Gasteiger partial charge in [-0.3, -0.25) is 4.79 Å². The van der Waals surface area contributed by atoms with Gasteiger partial charge in [-0.05, 0) is 31.2 Å². The molecule has 0 radical (unpaired) electrons. The van der Waals surface area contributed by atoms with Crippen LogP contribution in [0.5, 0.6) is 5.75 Å². The summed E-state index contributed by atoms with van der Waals surface area (Å²) in [5, 5.41) is 11.3. The van der Waals surface area contributed by atoms with Gasteiger partial charge in [-0.15, -0.1) is 11.6 Å². The molecule has 0 fully saturated rings. The molecule has 0 aromatic heterocycles. The van der Waals surface area contributed by atoms with E-state index in [4.69, 9.17) is 39.5 Å². The fourth-order valence-corrected chi connectivity index (χ4v) is 1.49. The maximum Gasteiger partial charge on any atom is 0.253 e. The average Bonchev–Trinajstić information content (AvgIpc) is 2.38. The van der Waals surface area contributed by atoms with E-state index in [2.05, 4.69) is 5.32 Å². The van der Waals surface area contributed by atoms with E-state index >= 15 is 0 Å². The molecule has 7 heteroatoms. The van der Waals surface area contributed by atoms with E-state index in [0.717, 1.165) is 0 Å². The molecule has 1 amide bonds. The zero-order chi connectivity index (χ0) is 14.6. The van der Waals surface area contributed by atoms with Gasteiger partial charge in [0, 0.05) is 5.56 Å². The minimum absolute atomic E-state index is 0.339. The Morgan fingerprint density at radius 2 is 1.89 bits per heavy atom. The fourth-order valence-electron chi connectivity index (χ4n) is 1.26. The van der Waals surface area contributed by atoms with E-state index in [-0.39, 0.29) is 0 Å². The molecule has 0 saturated carbocycles. The molecule has 1 rings (SSSR count). The van der Waals surface area contributed by atoms with Crippen molar-refractivity contribution in [1.82, 2.24) is 5.32 Å². The minimum Gasteiger partial charge on any atom is -0.497 e. The quantitative estimate of drug-likeness (QED) is 0.646. The SMILES string of the molecule is COc1ccc(C(=O)N[C@@H](O)C(Cl)(Cl)[C@@H](C)Cl)cc1. The number of aliphatic hydroxyl groups is 1. The highest BCUT2D eigenvalue weighted by Gasteiger charge is 2.39. The molecule has 0 aliphatic heterocycles. The Morgan fingerprint density at radius 1 is 1.37 bits per heavy atom. The van der Waals surface area contributed by atoms with Gasteiger partial charge < -0.3 is 15.2 Å². The second kappa shape index (κ2) is 6.66. The Balaban J connectivity index is 2.73. The zero-order valence-electron chi connectivity index (χ0n) is 10.4. The Labute approximate surface area is 126 Å². The number of halogens is 3. The number of amides is 1. The Bertz CT molecular complexity index is 434. The van der Waals surface area contributed by atoms with Crippen LogP contribution in [-0.4, -0.2) is 34.1 Å². The smallest absolute Gasteiger partial charge is 0.253 e. The average molecular weight is 327 g/mol. The van der Waals surface area contributed by atoms with Crippen LogP contribution in [0.2, 0.25) is 0 Å².